The second-order valence-electron chi connectivity index (χ2n) is 11.7. The lowest BCUT2D eigenvalue weighted by atomic mass is 10.1. The van der Waals surface area contributed by atoms with E-state index in [1.807, 2.05) is 19.2 Å². The Kier molecular flexibility index (Phi) is 20.6. The number of ether oxygens (including phenoxy) is 4. The van der Waals surface area contributed by atoms with Crippen molar-refractivity contribution in [2.45, 2.75) is 65.5 Å². The molecule has 0 aliphatic carbocycles. The summed E-state index contributed by atoms with van der Waals surface area (Å²) < 4.78 is 126. The van der Waals surface area contributed by atoms with Gasteiger partial charge in [0.2, 0.25) is 0 Å². The van der Waals surface area contributed by atoms with Gasteiger partial charge in [-0.2, -0.15) is 39.5 Å². The van der Waals surface area contributed by atoms with E-state index in [0.717, 1.165) is 51.5 Å². The smallest absolute Gasteiger partial charge is 0.382 e. The maximum Gasteiger partial charge on any atom is 0.416 e. The average molecular weight is 831 g/mol. The summed E-state index contributed by atoms with van der Waals surface area (Å²) in [6.07, 6.45) is -8.82. The second kappa shape index (κ2) is 22.9. The third-order valence-corrected chi connectivity index (χ3v) is 9.03. The van der Waals surface area contributed by atoms with E-state index >= 15 is 0 Å². The Morgan fingerprint density at radius 1 is 0.927 bits per heavy atom. The molecule has 17 heteroatoms. The van der Waals surface area contributed by atoms with Crippen molar-refractivity contribution in [2.24, 2.45) is 0 Å². The summed E-state index contributed by atoms with van der Waals surface area (Å²) in [6, 6.07) is 10.3. The SMILES string of the molecule is C=C/C(=C(\SC)c1sc(C=O)cc1C)C(OCCOC)C1OCCO1.CC(=O)c1cccc(C(F)(F)F)c1.CC(F)(F)F.Cc1cc(C)cc(C(F)(F)F)c1. The van der Waals surface area contributed by atoms with Gasteiger partial charge in [0, 0.05) is 35.0 Å². The molecule has 1 atom stereocenters. The highest BCUT2D eigenvalue weighted by Gasteiger charge is 2.33. The Labute approximate surface area is 322 Å². The number of ketones is 1. The summed E-state index contributed by atoms with van der Waals surface area (Å²) in [5.74, 6) is -0.369. The number of Topliss-reactive ketones (excluding diaryl/α,β-unsaturated/α-hetero) is 1. The lowest BCUT2D eigenvalue weighted by Crippen LogP contribution is -2.33. The summed E-state index contributed by atoms with van der Waals surface area (Å²) in [6.45, 7) is 12.7. The number of halogens is 9. The summed E-state index contributed by atoms with van der Waals surface area (Å²) >= 11 is 3.07. The second-order valence-corrected chi connectivity index (χ2v) is 13.6. The van der Waals surface area contributed by atoms with Crippen LogP contribution < -0.4 is 0 Å². The van der Waals surface area contributed by atoms with Crippen molar-refractivity contribution in [3.8, 4) is 0 Å². The zero-order valence-corrected chi connectivity index (χ0v) is 32.8. The van der Waals surface area contributed by atoms with E-state index in [-0.39, 0.29) is 18.3 Å². The zero-order valence-electron chi connectivity index (χ0n) is 31.1. The molecule has 1 aliphatic rings. The van der Waals surface area contributed by atoms with Gasteiger partial charge in [0.15, 0.2) is 18.4 Å². The molecule has 0 spiro atoms. The summed E-state index contributed by atoms with van der Waals surface area (Å²) in [5.41, 5.74) is 1.96. The quantitative estimate of drug-likeness (QED) is 0.0627. The maximum absolute atomic E-state index is 12.1. The fraction of sp³-hybridized carbons (Fsp3) is 0.421. The van der Waals surface area contributed by atoms with E-state index < -0.39 is 42.0 Å². The number of alkyl halides is 9. The maximum atomic E-state index is 12.1. The van der Waals surface area contributed by atoms with Crippen LogP contribution >= 0.6 is 23.1 Å². The van der Waals surface area contributed by atoms with Crippen LogP contribution in [0.1, 0.15) is 66.6 Å². The molecular formula is C38H43F9O6S2. The number of thiophene rings is 1. The highest BCUT2D eigenvalue weighted by atomic mass is 32.2. The highest BCUT2D eigenvalue weighted by molar-refractivity contribution is 8.07. The highest BCUT2D eigenvalue weighted by Crippen LogP contribution is 2.39. The number of rotatable bonds is 11. The Balaban J connectivity index is 0.000000422. The van der Waals surface area contributed by atoms with Crippen molar-refractivity contribution in [3.63, 3.8) is 0 Å². The molecule has 0 N–H and O–H groups in total. The van der Waals surface area contributed by atoms with Crippen molar-refractivity contribution in [1.29, 1.82) is 0 Å². The number of methoxy groups -OCH3 is 1. The molecule has 1 unspecified atom stereocenters. The predicted octanol–water partition coefficient (Wildman–Crippen LogP) is 11.3. The van der Waals surface area contributed by atoms with Crippen LogP contribution in [0.5, 0.6) is 0 Å². The van der Waals surface area contributed by atoms with Crippen LogP contribution in [0.3, 0.4) is 0 Å². The first kappa shape index (κ1) is 49.5. The Morgan fingerprint density at radius 3 is 1.89 bits per heavy atom. The molecular weight excluding hydrogens is 788 g/mol. The molecule has 0 saturated carbocycles. The van der Waals surface area contributed by atoms with E-state index in [9.17, 15) is 49.1 Å². The summed E-state index contributed by atoms with van der Waals surface area (Å²) in [4.78, 5) is 24.7. The van der Waals surface area contributed by atoms with Gasteiger partial charge in [-0.05, 0) is 69.8 Å². The zero-order chi connectivity index (χ0) is 42.1. The van der Waals surface area contributed by atoms with E-state index in [2.05, 4.69) is 6.58 Å². The molecule has 4 rings (SSSR count). The van der Waals surface area contributed by atoms with Gasteiger partial charge in [-0.1, -0.05) is 42.0 Å². The van der Waals surface area contributed by atoms with Crippen LogP contribution in [-0.2, 0) is 31.3 Å². The van der Waals surface area contributed by atoms with Gasteiger partial charge in [-0.3, -0.25) is 9.59 Å². The monoisotopic (exact) mass is 830 g/mol. The van der Waals surface area contributed by atoms with Crippen LogP contribution in [0.4, 0.5) is 39.5 Å². The molecule has 1 fully saturated rings. The largest absolute Gasteiger partial charge is 0.416 e. The molecule has 2 aromatic carbocycles. The first-order valence-electron chi connectivity index (χ1n) is 16.2. The molecule has 6 nitrogen and oxygen atoms in total. The number of aryl methyl sites for hydroxylation is 3. The van der Waals surface area contributed by atoms with Crippen molar-refractivity contribution in [2.75, 3.05) is 39.8 Å². The number of hydrogen-bond acceptors (Lipinski definition) is 8. The van der Waals surface area contributed by atoms with Crippen LogP contribution in [-0.4, -0.2) is 70.4 Å². The fourth-order valence-corrected chi connectivity index (χ4v) is 6.75. The molecule has 3 aromatic rings. The van der Waals surface area contributed by atoms with Gasteiger partial charge in [0.1, 0.15) is 6.10 Å². The van der Waals surface area contributed by atoms with E-state index in [1.54, 1.807) is 44.9 Å². The number of carbonyl (C=O) groups excluding carboxylic acids is 2. The molecule has 1 aromatic heterocycles. The van der Waals surface area contributed by atoms with E-state index in [4.69, 9.17) is 18.9 Å². The lowest BCUT2D eigenvalue weighted by Gasteiger charge is -2.25. The third-order valence-electron chi connectivity index (χ3n) is 6.88. The van der Waals surface area contributed by atoms with Crippen molar-refractivity contribution < 1.29 is 68.1 Å². The number of hydrogen-bond donors (Lipinski definition) is 0. The predicted molar refractivity (Wildman–Crippen MR) is 196 cm³/mol. The van der Waals surface area contributed by atoms with Crippen LogP contribution in [0.2, 0.25) is 0 Å². The Morgan fingerprint density at radius 2 is 1.47 bits per heavy atom. The van der Waals surface area contributed by atoms with Gasteiger partial charge in [-0.15, -0.1) is 23.1 Å². The summed E-state index contributed by atoms with van der Waals surface area (Å²) in [7, 11) is 1.63. The third kappa shape index (κ3) is 18.3. The Bertz CT molecular complexity index is 1680. The molecule has 0 radical (unpaired) electrons. The molecule has 1 saturated heterocycles. The number of aldehydes is 1. The number of carbonyl (C=O) groups is 2. The van der Waals surface area contributed by atoms with Crippen molar-refractivity contribution >= 4 is 40.1 Å². The van der Waals surface area contributed by atoms with Gasteiger partial charge in [0.25, 0.3) is 0 Å². The van der Waals surface area contributed by atoms with E-state index in [0.29, 0.717) is 42.4 Å². The minimum atomic E-state index is -4.38. The number of benzene rings is 2. The minimum Gasteiger partial charge on any atom is -0.382 e. The van der Waals surface area contributed by atoms with E-state index in [1.165, 1.54) is 30.4 Å². The molecule has 2 heterocycles. The lowest BCUT2D eigenvalue weighted by molar-refractivity contribution is -0.138. The topological polar surface area (TPSA) is 71.1 Å². The number of thioether (sulfide) groups is 1. The van der Waals surface area contributed by atoms with Crippen LogP contribution in [0.15, 0.2) is 66.8 Å². The van der Waals surface area contributed by atoms with Crippen LogP contribution in [0.25, 0.3) is 4.91 Å². The Hall–Kier alpha value is -3.48. The fourth-order valence-electron chi connectivity index (χ4n) is 4.65. The van der Waals surface area contributed by atoms with Gasteiger partial charge in [-0.25, -0.2) is 0 Å². The van der Waals surface area contributed by atoms with Crippen molar-refractivity contribution in [1.82, 2.24) is 0 Å². The van der Waals surface area contributed by atoms with Gasteiger partial charge in [0.05, 0.1) is 42.4 Å². The van der Waals surface area contributed by atoms with Crippen molar-refractivity contribution in [3.05, 3.63) is 110 Å². The normalized spacial score (nSPS) is 14.3. The molecule has 55 heavy (non-hydrogen) atoms. The first-order valence-corrected chi connectivity index (χ1v) is 18.2. The molecule has 306 valence electrons. The van der Waals surface area contributed by atoms with Gasteiger partial charge >= 0.3 is 18.5 Å². The summed E-state index contributed by atoms with van der Waals surface area (Å²) in [5, 5.41) is 0. The molecule has 0 amide bonds. The van der Waals surface area contributed by atoms with Crippen LogP contribution in [0, 0.1) is 20.8 Å². The standard InChI is InChI=1S/C18H24O5S2.C9H7F3O.C9H9F3.C2H3F3/c1-5-14(15(21-7-6-20-3)18-22-8-9-23-18)17(24-4)16-12(2)10-13(11-19)25-16;1-6(13)7-3-2-4-8(5-7)9(10,11)12;1-6-3-7(2)5-8(4-6)9(10,11)12;1-2(3,4)5/h5,10-11,15,18H,1,6-9H2,2-4H3;2-5H,1H3;3-5H,1-2H3;1H3/b17-14+;;;. The average Bonchev–Trinajstić information content (AvgIpc) is 3.75. The minimum absolute atomic E-state index is 0.0785. The van der Waals surface area contributed by atoms with Gasteiger partial charge < -0.3 is 18.9 Å². The molecule has 0 bridgehead atoms. The molecule has 1 aliphatic heterocycles. The first-order chi connectivity index (χ1) is 25.5.